The van der Waals surface area contributed by atoms with Crippen molar-refractivity contribution in [3.63, 3.8) is 0 Å². The van der Waals surface area contributed by atoms with E-state index in [1.54, 1.807) is 6.92 Å². The second kappa shape index (κ2) is 2.15. The van der Waals surface area contributed by atoms with Crippen molar-refractivity contribution in [1.29, 1.82) is 5.26 Å². The van der Waals surface area contributed by atoms with E-state index < -0.39 is 5.54 Å². The lowest BCUT2D eigenvalue weighted by Crippen LogP contribution is -2.39. The summed E-state index contributed by atoms with van der Waals surface area (Å²) in [6.45, 7) is 5.60. The molecule has 0 rings (SSSR count). The third-order valence-corrected chi connectivity index (χ3v) is 1.44. The molecule has 2 heteroatoms. The molecule has 1 atom stereocenters. The average molecular weight is 112 g/mol. The first-order valence-corrected chi connectivity index (χ1v) is 2.71. The number of nitriles is 1. The predicted molar refractivity (Wildman–Crippen MR) is 33.0 cm³/mol. The summed E-state index contributed by atoms with van der Waals surface area (Å²) in [4.78, 5) is 0. The lowest BCUT2D eigenvalue weighted by atomic mass is 9.92. The largest absolute Gasteiger partial charge is 0.313 e. The van der Waals surface area contributed by atoms with Gasteiger partial charge in [-0.2, -0.15) is 5.26 Å². The average Bonchev–Trinajstić information content (AvgIpc) is 1.67. The van der Waals surface area contributed by atoms with Crippen LogP contribution in [0.2, 0.25) is 0 Å². The zero-order chi connectivity index (χ0) is 6.78. The Kier molecular flexibility index (Phi) is 2.00. The van der Waals surface area contributed by atoms with Crippen LogP contribution in [0.3, 0.4) is 0 Å². The summed E-state index contributed by atoms with van der Waals surface area (Å²) in [5.41, 5.74) is 4.84. The van der Waals surface area contributed by atoms with Crippen molar-refractivity contribution in [3.05, 3.63) is 0 Å². The second-order valence-corrected chi connectivity index (χ2v) is 2.55. The highest BCUT2D eigenvalue weighted by Crippen LogP contribution is 2.09. The van der Waals surface area contributed by atoms with Crippen molar-refractivity contribution in [2.45, 2.75) is 26.3 Å². The summed E-state index contributed by atoms with van der Waals surface area (Å²) in [5.74, 6) is 0.229. The van der Waals surface area contributed by atoms with E-state index >= 15 is 0 Å². The third kappa shape index (κ3) is 1.51. The Morgan fingerprint density at radius 2 is 2.00 bits per heavy atom. The van der Waals surface area contributed by atoms with Crippen molar-refractivity contribution in [1.82, 2.24) is 0 Å². The predicted octanol–water partition coefficient (Wildman–Crippen LogP) is 0.883. The van der Waals surface area contributed by atoms with Gasteiger partial charge in [-0.15, -0.1) is 0 Å². The minimum atomic E-state index is -0.653. The Hall–Kier alpha value is -0.550. The van der Waals surface area contributed by atoms with E-state index in [9.17, 15) is 0 Å². The van der Waals surface area contributed by atoms with E-state index in [1.165, 1.54) is 0 Å². The number of hydrogen-bond donors (Lipinski definition) is 1. The Morgan fingerprint density at radius 3 is 2.00 bits per heavy atom. The maximum atomic E-state index is 8.39. The van der Waals surface area contributed by atoms with Gasteiger partial charge in [0.25, 0.3) is 0 Å². The zero-order valence-electron chi connectivity index (χ0n) is 5.60. The molecular formula is C6H12N2. The van der Waals surface area contributed by atoms with Crippen LogP contribution in [0.5, 0.6) is 0 Å². The Bertz CT molecular complexity index is 108. The van der Waals surface area contributed by atoms with Crippen molar-refractivity contribution in [2.75, 3.05) is 0 Å². The van der Waals surface area contributed by atoms with Gasteiger partial charge in [0.05, 0.1) is 6.07 Å². The fraction of sp³-hybridized carbons (Fsp3) is 0.833. The number of rotatable bonds is 1. The van der Waals surface area contributed by atoms with Gasteiger partial charge in [0, 0.05) is 0 Å². The van der Waals surface area contributed by atoms with E-state index in [2.05, 4.69) is 0 Å². The highest BCUT2D eigenvalue weighted by Gasteiger charge is 2.21. The first-order chi connectivity index (χ1) is 3.50. The van der Waals surface area contributed by atoms with Gasteiger partial charge >= 0.3 is 0 Å². The summed E-state index contributed by atoms with van der Waals surface area (Å²) in [5, 5.41) is 8.39. The maximum Gasteiger partial charge on any atom is 0.103 e. The van der Waals surface area contributed by atoms with Crippen LogP contribution in [0.25, 0.3) is 0 Å². The molecule has 0 aromatic carbocycles. The van der Waals surface area contributed by atoms with Crippen molar-refractivity contribution in [3.8, 4) is 6.07 Å². The molecule has 0 aromatic rings. The molecule has 0 saturated heterocycles. The molecule has 0 fully saturated rings. The molecule has 0 spiro atoms. The lowest BCUT2D eigenvalue weighted by Gasteiger charge is -2.18. The lowest BCUT2D eigenvalue weighted by molar-refractivity contribution is 0.430. The van der Waals surface area contributed by atoms with Gasteiger partial charge in [0.2, 0.25) is 0 Å². The molecule has 46 valence electrons. The molecule has 1 unspecified atom stereocenters. The summed E-state index contributed by atoms with van der Waals surface area (Å²) < 4.78 is 0. The highest BCUT2D eigenvalue weighted by atomic mass is 14.7. The molecule has 0 amide bonds. The summed E-state index contributed by atoms with van der Waals surface area (Å²) >= 11 is 0. The number of nitrogens with two attached hydrogens (primary N) is 1. The summed E-state index contributed by atoms with van der Waals surface area (Å²) in [6.07, 6.45) is 0. The Labute approximate surface area is 50.3 Å². The quantitative estimate of drug-likeness (QED) is 0.547. The topological polar surface area (TPSA) is 49.8 Å². The van der Waals surface area contributed by atoms with Gasteiger partial charge in [0.15, 0.2) is 0 Å². The van der Waals surface area contributed by atoms with Crippen molar-refractivity contribution >= 4 is 0 Å². The van der Waals surface area contributed by atoms with E-state index in [1.807, 2.05) is 19.9 Å². The minimum absolute atomic E-state index is 0.229. The maximum absolute atomic E-state index is 8.39. The normalized spacial score (nSPS) is 17.5. The van der Waals surface area contributed by atoms with Crippen LogP contribution in [-0.4, -0.2) is 5.54 Å². The molecular weight excluding hydrogens is 100 g/mol. The van der Waals surface area contributed by atoms with Gasteiger partial charge in [-0.1, -0.05) is 13.8 Å². The van der Waals surface area contributed by atoms with Gasteiger partial charge in [0.1, 0.15) is 5.54 Å². The van der Waals surface area contributed by atoms with Gasteiger partial charge < -0.3 is 5.73 Å². The molecule has 0 radical (unpaired) electrons. The van der Waals surface area contributed by atoms with E-state index in [0.717, 1.165) is 0 Å². The standard InChI is InChI=1S/C6H12N2/c1-5(2)6(3,8)4-7/h5H,8H2,1-3H3. The molecule has 0 heterocycles. The van der Waals surface area contributed by atoms with Crippen molar-refractivity contribution in [2.24, 2.45) is 11.7 Å². The fourth-order valence-electron chi connectivity index (χ4n) is 0.129. The Morgan fingerprint density at radius 1 is 1.62 bits per heavy atom. The third-order valence-electron chi connectivity index (χ3n) is 1.44. The summed E-state index contributed by atoms with van der Waals surface area (Å²) in [6, 6.07) is 2.02. The van der Waals surface area contributed by atoms with Crippen molar-refractivity contribution < 1.29 is 0 Å². The van der Waals surface area contributed by atoms with E-state index in [4.69, 9.17) is 11.0 Å². The van der Waals surface area contributed by atoms with Crippen LogP contribution in [0.15, 0.2) is 0 Å². The molecule has 0 saturated carbocycles. The number of hydrogen-bond acceptors (Lipinski definition) is 2. The molecule has 0 aliphatic heterocycles. The highest BCUT2D eigenvalue weighted by molar-refractivity contribution is 5.02. The molecule has 2 nitrogen and oxygen atoms in total. The molecule has 2 N–H and O–H groups in total. The van der Waals surface area contributed by atoms with Crippen LogP contribution in [-0.2, 0) is 0 Å². The van der Waals surface area contributed by atoms with Crippen LogP contribution in [0, 0.1) is 17.2 Å². The van der Waals surface area contributed by atoms with E-state index in [-0.39, 0.29) is 5.92 Å². The molecule has 0 aliphatic carbocycles. The molecule has 0 aromatic heterocycles. The van der Waals surface area contributed by atoms with Gasteiger partial charge in [-0.25, -0.2) is 0 Å². The molecule has 8 heavy (non-hydrogen) atoms. The minimum Gasteiger partial charge on any atom is -0.313 e. The molecule has 0 bridgehead atoms. The zero-order valence-corrected chi connectivity index (χ0v) is 5.60. The van der Waals surface area contributed by atoms with Crippen LogP contribution < -0.4 is 5.73 Å². The molecule has 0 aliphatic rings. The van der Waals surface area contributed by atoms with Gasteiger partial charge in [-0.3, -0.25) is 0 Å². The smallest absolute Gasteiger partial charge is 0.103 e. The van der Waals surface area contributed by atoms with Crippen LogP contribution >= 0.6 is 0 Å². The van der Waals surface area contributed by atoms with E-state index in [0.29, 0.717) is 0 Å². The first kappa shape index (κ1) is 7.45. The fourth-order valence-corrected chi connectivity index (χ4v) is 0.129. The SMILES string of the molecule is CC(C)C(C)(N)C#N. The van der Waals surface area contributed by atoms with Crippen LogP contribution in [0.4, 0.5) is 0 Å². The number of nitrogens with zero attached hydrogens (tertiary/aromatic N) is 1. The first-order valence-electron chi connectivity index (χ1n) is 2.71. The second-order valence-electron chi connectivity index (χ2n) is 2.55. The van der Waals surface area contributed by atoms with Crippen LogP contribution in [0.1, 0.15) is 20.8 Å². The van der Waals surface area contributed by atoms with Gasteiger partial charge in [-0.05, 0) is 12.8 Å². The summed E-state index contributed by atoms with van der Waals surface area (Å²) in [7, 11) is 0. The Balaban J connectivity index is 3.97. The monoisotopic (exact) mass is 112 g/mol.